The second-order valence-corrected chi connectivity index (χ2v) is 4.84. The molecule has 0 heterocycles. The van der Waals surface area contributed by atoms with Crippen LogP contribution in [0.15, 0.2) is 24.3 Å². The molecule has 0 aliphatic carbocycles. The molecule has 4 nitrogen and oxygen atoms in total. The minimum atomic E-state index is -4.30. The lowest BCUT2D eigenvalue weighted by atomic mass is 10.1. The van der Waals surface area contributed by atoms with Gasteiger partial charge in [0.05, 0.1) is 0 Å². The molecule has 0 aliphatic heterocycles. The summed E-state index contributed by atoms with van der Waals surface area (Å²) >= 11 is 5.61. The minimum Gasteiger partial charge on any atom is -0.324 e. The van der Waals surface area contributed by atoms with Gasteiger partial charge in [-0.2, -0.15) is 0 Å². The summed E-state index contributed by atoms with van der Waals surface area (Å²) in [7, 11) is -4.30. The van der Waals surface area contributed by atoms with E-state index in [0.717, 1.165) is 0 Å². The van der Waals surface area contributed by atoms with Gasteiger partial charge in [0, 0.05) is 10.6 Å². The Hall–Kier alpha value is -0.670. The molecule has 0 saturated heterocycles. The molecule has 0 atom stereocenters. The molecular weight excluding hydrogens is 227 g/mol. The molecule has 1 aromatic carbocycles. The summed E-state index contributed by atoms with van der Waals surface area (Å²) in [6.45, 7) is 0. The van der Waals surface area contributed by atoms with Crippen LogP contribution in [0.4, 0.5) is 0 Å². The van der Waals surface area contributed by atoms with Crippen molar-refractivity contribution < 1.29 is 19.1 Å². The van der Waals surface area contributed by atoms with Gasteiger partial charge < -0.3 is 9.79 Å². The van der Waals surface area contributed by atoms with Crippen molar-refractivity contribution in [2.45, 2.75) is 0 Å². The number of Topliss-reactive ketones (excluding diaryl/α,β-unsaturated/α-hetero) is 1. The smallest absolute Gasteiger partial charge is 0.324 e. The molecule has 6 heteroatoms. The summed E-state index contributed by atoms with van der Waals surface area (Å²) in [6, 6.07) is 5.97. The molecule has 1 rings (SSSR count). The highest BCUT2D eigenvalue weighted by Crippen LogP contribution is 2.34. The van der Waals surface area contributed by atoms with Crippen LogP contribution in [0.2, 0.25) is 5.02 Å². The van der Waals surface area contributed by atoms with Gasteiger partial charge >= 0.3 is 7.60 Å². The van der Waals surface area contributed by atoms with E-state index in [1.165, 1.54) is 12.1 Å². The lowest BCUT2D eigenvalue weighted by Gasteiger charge is -2.03. The summed E-state index contributed by atoms with van der Waals surface area (Å²) in [4.78, 5) is 28.4. The van der Waals surface area contributed by atoms with Crippen LogP contribution in [0.5, 0.6) is 0 Å². The summed E-state index contributed by atoms with van der Waals surface area (Å²) in [5.74, 6) is -0.610. The lowest BCUT2D eigenvalue weighted by Crippen LogP contribution is -2.05. The number of ketones is 1. The maximum atomic E-state index is 11.3. The molecule has 0 unspecified atom stereocenters. The van der Waals surface area contributed by atoms with Crippen LogP contribution in [0.3, 0.4) is 0 Å². The Labute approximate surface area is 85.7 Å². The second kappa shape index (κ2) is 4.24. The van der Waals surface area contributed by atoms with Gasteiger partial charge in [-0.05, 0) is 12.1 Å². The molecule has 14 heavy (non-hydrogen) atoms. The summed E-state index contributed by atoms with van der Waals surface area (Å²) in [6.07, 6.45) is -0.784. The third-order valence-corrected chi connectivity index (χ3v) is 2.43. The van der Waals surface area contributed by atoms with Gasteiger partial charge in [0.1, 0.15) is 6.16 Å². The first-order valence-electron chi connectivity index (χ1n) is 3.72. The summed E-state index contributed by atoms with van der Waals surface area (Å²) < 4.78 is 10.5. The van der Waals surface area contributed by atoms with Gasteiger partial charge in [-0.25, -0.2) is 0 Å². The van der Waals surface area contributed by atoms with E-state index >= 15 is 0 Å². The number of halogens is 1. The van der Waals surface area contributed by atoms with Gasteiger partial charge in [0.15, 0.2) is 5.78 Å². The number of hydrogen-bond donors (Lipinski definition) is 2. The topological polar surface area (TPSA) is 74.6 Å². The van der Waals surface area contributed by atoms with Crippen LogP contribution in [0.1, 0.15) is 10.4 Å². The van der Waals surface area contributed by atoms with Crippen LogP contribution < -0.4 is 0 Å². The maximum absolute atomic E-state index is 11.3. The van der Waals surface area contributed by atoms with E-state index < -0.39 is 19.5 Å². The van der Waals surface area contributed by atoms with Crippen LogP contribution in [0.25, 0.3) is 0 Å². The monoisotopic (exact) mass is 234 g/mol. The average Bonchev–Trinajstić information content (AvgIpc) is 2.01. The van der Waals surface area contributed by atoms with Crippen LogP contribution >= 0.6 is 19.2 Å². The van der Waals surface area contributed by atoms with E-state index in [1.807, 2.05) is 0 Å². The number of hydrogen-bond acceptors (Lipinski definition) is 2. The second-order valence-electron chi connectivity index (χ2n) is 2.76. The van der Waals surface area contributed by atoms with Crippen LogP contribution in [-0.4, -0.2) is 21.7 Å². The Morgan fingerprint density at radius 3 is 2.57 bits per heavy atom. The minimum absolute atomic E-state index is 0.209. The molecule has 0 radical (unpaired) electrons. The molecule has 0 aliphatic rings. The number of carbonyl (C=O) groups excluding carboxylic acids is 1. The van der Waals surface area contributed by atoms with E-state index in [9.17, 15) is 9.36 Å². The average molecular weight is 235 g/mol. The van der Waals surface area contributed by atoms with Crippen molar-refractivity contribution in [2.24, 2.45) is 0 Å². The molecule has 1 aromatic rings. The molecular formula is C8H8ClO4P. The first-order chi connectivity index (χ1) is 6.38. The van der Waals surface area contributed by atoms with Gasteiger partial charge in [-0.15, -0.1) is 0 Å². The largest absolute Gasteiger partial charge is 0.333 e. The zero-order chi connectivity index (χ0) is 10.8. The summed E-state index contributed by atoms with van der Waals surface area (Å²) in [5, 5.41) is 0.363. The Morgan fingerprint density at radius 2 is 2.07 bits per heavy atom. The third kappa shape index (κ3) is 3.60. The molecule has 0 bridgehead atoms. The van der Waals surface area contributed by atoms with Crippen molar-refractivity contribution in [2.75, 3.05) is 6.16 Å². The maximum Gasteiger partial charge on any atom is 0.333 e. The zero-order valence-electron chi connectivity index (χ0n) is 7.05. The number of benzene rings is 1. The third-order valence-electron chi connectivity index (χ3n) is 1.50. The predicted molar refractivity (Wildman–Crippen MR) is 52.7 cm³/mol. The Morgan fingerprint density at radius 1 is 1.43 bits per heavy atom. The highest BCUT2D eigenvalue weighted by molar-refractivity contribution is 7.52. The molecule has 0 saturated carbocycles. The fourth-order valence-electron chi connectivity index (χ4n) is 0.940. The van der Waals surface area contributed by atoms with Gasteiger partial charge in [0.2, 0.25) is 0 Å². The Balaban J connectivity index is 2.86. The highest BCUT2D eigenvalue weighted by atomic mass is 35.5. The molecule has 76 valence electrons. The van der Waals surface area contributed by atoms with Crippen molar-refractivity contribution in [1.82, 2.24) is 0 Å². The SMILES string of the molecule is O=C(CP(=O)(O)O)c1cccc(Cl)c1. The zero-order valence-corrected chi connectivity index (χ0v) is 8.70. The van der Waals surface area contributed by atoms with Crippen molar-refractivity contribution in [3.8, 4) is 0 Å². The van der Waals surface area contributed by atoms with E-state index in [-0.39, 0.29) is 5.56 Å². The lowest BCUT2D eigenvalue weighted by molar-refractivity contribution is 0.101. The molecule has 0 fully saturated rings. The van der Waals surface area contributed by atoms with E-state index in [4.69, 9.17) is 21.4 Å². The normalized spacial score (nSPS) is 11.4. The van der Waals surface area contributed by atoms with E-state index in [0.29, 0.717) is 5.02 Å². The molecule has 0 amide bonds. The van der Waals surface area contributed by atoms with Gasteiger partial charge in [0.25, 0.3) is 0 Å². The van der Waals surface area contributed by atoms with Gasteiger partial charge in [-0.3, -0.25) is 9.36 Å². The Kier molecular flexibility index (Phi) is 3.45. The highest BCUT2D eigenvalue weighted by Gasteiger charge is 2.20. The van der Waals surface area contributed by atoms with E-state index in [2.05, 4.69) is 0 Å². The standard InChI is InChI=1S/C8H8ClO4P/c9-7-3-1-2-6(4-7)8(10)5-14(11,12)13/h1-4H,5H2,(H2,11,12,13). The fraction of sp³-hybridized carbons (Fsp3) is 0.125. The molecule has 0 spiro atoms. The van der Waals surface area contributed by atoms with Crippen LogP contribution in [0, 0.1) is 0 Å². The molecule has 0 aromatic heterocycles. The Bertz CT molecular complexity index is 398. The fourth-order valence-corrected chi connectivity index (χ4v) is 1.69. The number of carbonyl (C=O) groups is 1. The number of rotatable bonds is 3. The van der Waals surface area contributed by atoms with Crippen molar-refractivity contribution in [1.29, 1.82) is 0 Å². The van der Waals surface area contributed by atoms with Crippen molar-refractivity contribution in [3.05, 3.63) is 34.9 Å². The van der Waals surface area contributed by atoms with E-state index in [1.54, 1.807) is 12.1 Å². The first-order valence-corrected chi connectivity index (χ1v) is 5.89. The van der Waals surface area contributed by atoms with Gasteiger partial charge in [-0.1, -0.05) is 23.7 Å². The predicted octanol–water partition coefficient (Wildman–Crippen LogP) is 1.70. The van der Waals surface area contributed by atoms with Crippen LogP contribution in [-0.2, 0) is 4.57 Å². The summed E-state index contributed by atoms with van der Waals surface area (Å²) in [5.41, 5.74) is 0.209. The first kappa shape index (κ1) is 11.4. The van der Waals surface area contributed by atoms with Crippen molar-refractivity contribution >= 4 is 25.0 Å². The quantitative estimate of drug-likeness (QED) is 0.617. The van der Waals surface area contributed by atoms with Crippen molar-refractivity contribution in [3.63, 3.8) is 0 Å². The molecule has 2 N–H and O–H groups in total.